The van der Waals surface area contributed by atoms with Crippen LogP contribution in [0.4, 0.5) is 5.82 Å². The van der Waals surface area contributed by atoms with Gasteiger partial charge < -0.3 is 24.7 Å². The van der Waals surface area contributed by atoms with Crippen molar-refractivity contribution in [2.45, 2.75) is 6.92 Å². The molecule has 0 aliphatic carbocycles. The molecule has 4 rings (SSSR count). The molecular weight excluding hydrogens is 374 g/mol. The summed E-state index contributed by atoms with van der Waals surface area (Å²) in [5.74, 6) is 0.736. The number of benzene rings is 1. The van der Waals surface area contributed by atoms with Crippen molar-refractivity contribution < 1.29 is 14.3 Å². The summed E-state index contributed by atoms with van der Waals surface area (Å²) in [4.78, 5) is 29.9. The standard InChI is InChI=1S/C20H23N5O4/c1-3-29-20(27)14-12-25-17(19(26)22-14)16(13-6-4-5-7-15(13)28-2)18(23-25)24-10-8-21-9-11-24/h4-7,12,21H,3,8-11H2,1-2H3,(H,22,26). The number of ether oxygens (including phenoxy) is 2. The topological polar surface area (TPSA) is 101 Å². The van der Waals surface area contributed by atoms with E-state index in [2.05, 4.69) is 20.3 Å². The normalized spacial score (nSPS) is 14.2. The van der Waals surface area contributed by atoms with Crippen molar-refractivity contribution in [1.82, 2.24) is 19.9 Å². The lowest BCUT2D eigenvalue weighted by Crippen LogP contribution is -2.43. The molecule has 1 aliphatic heterocycles. The number of hydrogen-bond acceptors (Lipinski definition) is 7. The highest BCUT2D eigenvalue weighted by Gasteiger charge is 2.26. The Labute approximate surface area is 167 Å². The lowest BCUT2D eigenvalue weighted by molar-refractivity contribution is 0.0518. The van der Waals surface area contributed by atoms with E-state index in [0.717, 1.165) is 31.7 Å². The summed E-state index contributed by atoms with van der Waals surface area (Å²) in [7, 11) is 1.60. The Morgan fingerprint density at radius 1 is 1.24 bits per heavy atom. The number of H-pyrrole nitrogens is 1. The molecule has 1 fully saturated rings. The maximum atomic E-state index is 13.0. The van der Waals surface area contributed by atoms with Crippen molar-refractivity contribution >= 4 is 17.3 Å². The van der Waals surface area contributed by atoms with Gasteiger partial charge >= 0.3 is 5.97 Å². The SMILES string of the molecule is CCOC(=O)c1cn2nc(N3CCNCC3)c(-c3ccccc3OC)c2c(=O)[nH]1. The minimum absolute atomic E-state index is 0.0605. The quantitative estimate of drug-likeness (QED) is 0.626. The van der Waals surface area contributed by atoms with Crippen LogP contribution < -0.4 is 20.5 Å². The minimum atomic E-state index is -0.593. The minimum Gasteiger partial charge on any atom is -0.496 e. The Balaban J connectivity index is 1.98. The molecule has 29 heavy (non-hydrogen) atoms. The van der Waals surface area contributed by atoms with Gasteiger partial charge in [-0.3, -0.25) is 4.79 Å². The Kier molecular flexibility index (Phi) is 5.22. The number of fused-ring (bicyclic) bond motifs is 1. The Morgan fingerprint density at radius 2 is 2.00 bits per heavy atom. The number of carbonyl (C=O) groups is 1. The Hall–Kier alpha value is -3.33. The fourth-order valence-corrected chi connectivity index (χ4v) is 3.58. The van der Waals surface area contributed by atoms with Crippen molar-refractivity contribution in [3.63, 3.8) is 0 Å². The average molecular weight is 397 g/mol. The number of hydrogen-bond donors (Lipinski definition) is 2. The van der Waals surface area contributed by atoms with E-state index in [-0.39, 0.29) is 12.3 Å². The van der Waals surface area contributed by atoms with Gasteiger partial charge in [-0.25, -0.2) is 9.31 Å². The predicted octanol–water partition coefficient (Wildman–Crippen LogP) is 1.28. The van der Waals surface area contributed by atoms with Gasteiger partial charge in [0.15, 0.2) is 5.82 Å². The number of rotatable bonds is 5. The Bertz CT molecular complexity index is 1100. The van der Waals surface area contributed by atoms with E-state index in [0.29, 0.717) is 22.6 Å². The average Bonchev–Trinajstić information content (AvgIpc) is 3.14. The molecule has 0 bridgehead atoms. The summed E-state index contributed by atoms with van der Waals surface area (Å²) in [5, 5.41) is 8.00. The molecule has 9 heteroatoms. The molecule has 3 heterocycles. The molecular formula is C20H23N5O4. The van der Waals surface area contributed by atoms with Crippen LogP contribution in [0.2, 0.25) is 0 Å². The number of aromatic amines is 1. The summed E-state index contributed by atoms with van der Waals surface area (Å²) in [6.07, 6.45) is 1.50. The molecule has 0 unspecified atom stereocenters. The van der Waals surface area contributed by atoms with Gasteiger partial charge in [0.05, 0.1) is 25.5 Å². The molecule has 3 aromatic rings. The van der Waals surface area contributed by atoms with Gasteiger partial charge in [-0.05, 0) is 13.0 Å². The largest absolute Gasteiger partial charge is 0.496 e. The predicted molar refractivity (Wildman–Crippen MR) is 109 cm³/mol. The number of carbonyl (C=O) groups excluding carboxylic acids is 1. The molecule has 0 atom stereocenters. The zero-order valence-electron chi connectivity index (χ0n) is 16.4. The number of methoxy groups -OCH3 is 1. The number of aromatic nitrogens is 3. The maximum Gasteiger partial charge on any atom is 0.356 e. The van der Waals surface area contributed by atoms with Crippen molar-refractivity contribution in [3.05, 3.63) is 46.5 Å². The molecule has 1 aliphatic rings. The molecule has 9 nitrogen and oxygen atoms in total. The van der Waals surface area contributed by atoms with Crippen LogP contribution in [-0.4, -0.2) is 60.5 Å². The highest BCUT2D eigenvalue weighted by molar-refractivity contribution is 5.93. The third-order valence-electron chi connectivity index (χ3n) is 4.89. The number of nitrogens with one attached hydrogen (secondary N) is 2. The molecule has 0 amide bonds. The van der Waals surface area contributed by atoms with Crippen LogP contribution in [0.5, 0.6) is 5.75 Å². The third kappa shape index (κ3) is 3.44. The van der Waals surface area contributed by atoms with Gasteiger partial charge in [-0.2, -0.15) is 0 Å². The summed E-state index contributed by atoms with van der Waals surface area (Å²) in [6, 6.07) is 7.52. The fraction of sp³-hybridized carbons (Fsp3) is 0.350. The van der Waals surface area contributed by atoms with Crippen LogP contribution in [0.3, 0.4) is 0 Å². The van der Waals surface area contributed by atoms with Gasteiger partial charge in [0, 0.05) is 31.7 Å². The Morgan fingerprint density at radius 3 is 2.72 bits per heavy atom. The molecule has 1 saturated heterocycles. The highest BCUT2D eigenvalue weighted by atomic mass is 16.5. The van der Waals surface area contributed by atoms with Crippen molar-refractivity contribution in [3.8, 4) is 16.9 Å². The van der Waals surface area contributed by atoms with Gasteiger partial charge in [0.2, 0.25) is 0 Å². The van der Waals surface area contributed by atoms with Crippen LogP contribution in [0.1, 0.15) is 17.4 Å². The maximum absolute atomic E-state index is 13.0. The number of piperazine rings is 1. The molecule has 0 spiro atoms. The van der Waals surface area contributed by atoms with Gasteiger partial charge in [0.1, 0.15) is 17.0 Å². The number of esters is 1. The number of nitrogens with zero attached hydrogens (tertiary/aromatic N) is 3. The van der Waals surface area contributed by atoms with E-state index in [1.807, 2.05) is 24.3 Å². The van der Waals surface area contributed by atoms with Gasteiger partial charge in [0.25, 0.3) is 5.56 Å². The summed E-state index contributed by atoms with van der Waals surface area (Å²) in [6.45, 7) is 5.10. The van der Waals surface area contributed by atoms with Crippen LogP contribution in [0, 0.1) is 0 Å². The number of anilines is 1. The second-order valence-electron chi connectivity index (χ2n) is 6.65. The lowest BCUT2D eigenvalue weighted by atomic mass is 10.0. The monoisotopic (exact) mass is 397 g/mol. The summed E-state index contributed by atoms with van der Waals surface area (Å²) < 4.78 is 12.0. The fourth-order valence-electron chi connectivity index (χ4n) is 3.58. The van der Waals surface area contributed by atoms with Crippen LogP contribution in [0.25, 0.3) is 16.6 Å². The van der Waals surface area contributed by atoms with Gasteiger partial charge in [-0.1, -0.05) is 18.2 Å². The van der Waals surface area contributed by atoms with E-state index in [9.17, 15) is 9.59 Å². The second-order valence-corrected chi connectivity index (χ2v) is 6.65. The third-order valence-corrected chi connectivity index (χ3v) is 4.89. The molecule has 1 aromatic carbocycles. The van der Waals surface area contributed by atoms with Crippen molar-refractivity contribution in [2.75, 3.05) is 44.8 Å². The smallest absolute Gasteiger partial charge is 0.356 e. The zero-order chi connectivity index (χ0) is 20.4. The number of para-hydroxylation sites is 1. The van der Waals surface area contributed by atoms with Crippen molar-refractivity contribution in [1.29, 1.82) is 0 Å². The first-order valence-corrected chi connectivity index (χ1v) is 9.56. The van der Waals surface area contributed by atoms with E-state index in [1.54, 1.807) is 14.0 Å². The summed E-state index contributed by atoms with van der Waals surface area (Å²) in [5.41, 5.74) is 1.46. The molecule has 152 valence electrons. The van der Waals surface area contributed by atoms with E-state index in [1.165, 1.54) is 10.7 Å². The first-order valence-electron chi connectivity index (χ1n) is 9.56. The molecule has 0 radical (unpaired) electrons. The first kappa shape index (κ1) is 19.0. The second kappa shape index (κ2) is 7.96. The van der Waals surface area contributed by atoms with Crippen LogP contribution >= 0.6 is 0 Å². The molecule has 2 N–H and O–H groups in total. The molecule has 0 saturated carbocycles. The zero-order valence-corrected chi connectivity index (χ0v) is 16.4. The lowest BCUT2D eigenvalue weighted by Gasteiger charge is -2.28. The first-order chi connectivity index (χ1) is 14.1. The van der Waals surface area contributed by atoms with Crippen LogP contribution in [0.15, 0.2) is 35.3 Å². The molecule has 2 aromatic heterocycles. The van der Waals surface area contributed by atoms with Gasteiger partial charge in [-0.15, -0.1) is 5.10 Å². The highest BCUT2D eigenvalue weighted by Crippen LogP contribution is 2.38. The van der Waals surface area contributed by atoms with E-state index < -0.39 is 11.5 Å². The van der Waals surface area contributed by atoms with Crippen LogP contribution in [-0.2, 0) is 4.74 Å². The van der Waals surface area contributed by atoms with E-state index >= 15 is 0 Å². The van der Waals surface area contributed by atoms with Crippen molar-refractivity contribution in [2.24, 2.45) is 0 Å². The van der Waals surface area contributed by atoms with E-state index in [4.69, 9.17) is 9.47 Å². The summed E-state index contributed by atoms with van der Waals surface area (Å²) >= 11 is 0.